The van der Waals surface area contributed by atoms with E-state index in [1.54, 1.807) is 49.4 Å². The number of halogens is 1. The van der Waals surface area contributed by atoms with Crippen LogP contribution in [-0.4, -0.2) is 44.3 Å². The number of carbonyl (C=O) groups excluding carboxylic acids is 2. The largest absolute Gasteiger partial charge is 0.457 e. The molecular formula is C34H36BrN3O5S. The van der Waals surface area contributed by atoms with Gasteiger partial charge in [-0.15, -0.1) is 0 Å². The van der Waals surface area contributed by atoms with Crippen LogP contribution in [0.15, 0.2) is 119 Å². The molecule has 1 unspecified atom stereocenters. The van der Waals surface area contributed by atoms with Crippen molar-refractivity contribution in [2.24, 2.45) is 0 Å². The summed E-state index contributed by atoms with van der Waals surface area (Å²) in [5, 5.41) is 2.89. The van der Waals surface area contributed by atoms with Gasteiger partial charge in [0.1, 0.15) is 24.1 Å². The zero-order chi connectivity index (χ0) is 31.5. The Kier molecular flexibility index (Phi) is 11.6. The van der Waals surface area contributed by atoms with Gasteiger partial charge < -0.3 is 15.0 Å². The lowest BCUT2D eigenvalue weighted by Crippen LogP contribution is -2.51. The van der Waals surface area contributed by atoms with Crippen molar-refractivity contribution in [2.45, 2.75) is 44.2 Å². The summed E-state index contributed by atoms with van der Waals surface area (Å²) in [5.41, 5.74) is 1.08. The van der Waals surface area contributed by atoms with E-state index in [0.717, 1.165) is 27.2 Å². The number of rotatable bonds is 14. The van der Waals surface area contributed by atoms with Gasteiger partial charge in [0.15, 0.2) is 0 Å². The Bertz CT molecular complexity index is 1620. The number of para-hydroxylation sites is 1. The molecule has 0 spiro atoms. The average Bonchev–Trinajstić information content (AvgIpc) is 3.04. The highest BCUT2D eigenvalue weighted by Gasteiger charge is 2.32. The van der Waals surface area contributed by atoms with Gasteiger partial charge in [-0.2, -0.15) is 0 Å². The van der Waals surface area contributed by atoms with Crippen molar-refractivity contribution in [2.75, 3.05) is 17.4 Å². The maximum atomic E-state index is 14.1. The number of unbranched alkanes of at least 4 members (excludes halogenated alkanes) is 1. The number of hydrogen-bond acceptors (Lipinski definition) is 5. The summed E-state index contributed by atoms with van der Waals surface area (Å²) in [4.78, 5) is 28.6. The number of hydrogen-bond donors (Lipinski definition) is 1. The van der Waals surface area contributed by atoms with Gasteiger partial charge >= 0.3 is 0 Å². The van der Waals surface area contributed by atoms with E-state index in [1.165, 1.54) is 17.0 Å². The molecule has 2 amide bonds. The lowest BCUT2D eigenvalue weighted by molar-refractivity contribution is -0.139. The van der Waals surface area contributed by atoms with Crippen LogP contribution in [0.4, 0.5) is 5.69 Å². The standard InChI is InChI=1S/C34H36BrN3O5S/c1-3-4-23-36-34(40)26(2)37(24-27-15-17-28(35)18-16-27)33(39)25-38(44(41,42)32-13-9-6-10-14-32)29-19-21-31(22-20-29)43-30-11-7-5-8-12-30/h5-22,26H,3-4,23-25H2,1-2H3,(H,36,40). The number of nitrogens with one attached hydrogen (secondary N) is 1. The number of ether oxygens (including phenoxy) is 1. The fourth-order valence-electron chi connectivity index (χ4n) is 4.46. The molecular weight excluding hydrogens is 642 g/mol. The fraction of sp³-hybridized carbons (Fsp3) is 0.235. The molecule has 0 fully saturated rings. The quantitative estimate of drug-likeness (QED) is 0.149. The van der Waals surface area contributed by atoms with E-state index in [4.69, 9.17) is 4.74 Å². The predicted molar refractivity (Wildman–Crippen MR) is 176 cm³/mol. The molecule has 4 rings (SSSR count). The third kappa shape index (κ3) is 8.70. The van der Waals surface area contributed by atoms with Gasteiger partial charge in [-0.1, -0.05) is 77.8 Å². The van der Waals surface area contributed by atoms with Gasteiger partial charge in [0.05, 0.1) is 10.6 Å². The fourth-order valence-corrected chi connectivity index (χ4v) is 6.16. The second-order valence-corrected chi connectivity index (χ2v) is 13.0. The van der Waals surface area contributed by atoms with Gasteiger partial charge in [-0.25, -0.2) is 8.42 Å². The second-order valence-electron chi connectivity index (χ2n) is 10.2. The van der Waals surface area contributed by atoms with E-state index < -0.39 is 28.5 Å². The number of amides is 2. The van der Waals surface area contributed by atoms with Gasteiger partial charge in [0.25, 0.3) is 10.0 Å². The lowest BCUT2D eigenvalue weighted by Gasteiger charge is -2.32. The van der Waals surface area contributed by atoms with Crippen molar-refractivity contribution in [3.63, 3.8) is 0 Å². The van der Waals surface area contributed by atoms with E-state index in [2.05, 4.69) is 21.2 Å². The van der Waals surface area contributed by atoms with Crippen LogP contribution in [0.2, 0.25) is 0 Å². The Labute approximate surface area is 267 Å². The Morgan fingerprint density at radius 3 is 2.05 bits per heavy atom. The molecule has 1 N–H and O–H groups in total. The van der Waals surface area contributed by atoms with Crippen LogP contribution in [0.25, 0.3) is 0 Å². The first kappa shape index (κ1) is 32.8. The summed E-state index contributed by atoms with van der Waals surface area (Å²) in [6.07, 6.45) is 1.73. The van der Waals surface area contributed by atoms with Crippen molar-refractivity contribution >= 4 is 43.5 Å². The summed E-state index contributed by atoms with van der Waals surface area (Å²) < 4.78 is 35.8. The highest BCUT2D eigenvalue weighted by Crippen LogP contribution is 2.28. The van der Waals surface area contributed by atoms with Crippen LogP contribution in [0.3, 0.4) is 0 Å². The zero-order valence-corrected chi connectivity index (χ0v) is 27.1. The van der Waals surface area contributed by atoms with Crippen molar-refractivity contribution in [3.05, 3.63) is 119 Å². The molecule has 0 aliphatic heterocycles. The number of sulfonamides is 1. The molecule has 0 aromatic heterocycles. The number of benzene rings is 4. The van der Waals surface area contributed by atoms with Crippen molar-refractivity contribution in [3.8, 4) is 11.5 Å². The maximum Gasteiger partial charge on any atom is 0.264 e. The van der Waals surface area contributed by atoms with E-state index >= 15 is 0 Å². The monoisotopic (exact) mass is 677 g/mol. The summed E-state index contributed by atoms with van der Waals surface area (Å²) in [6.45, 7) is 3.79. The molecule has 10 heteroatoms. The third-order valence-corrected chi connectivity index (χ3v) is 9.29. The molecule has 1 atom stereocenters. The van der Waals surface area contributed by atoms with Crippen molar-refractivity contribution in [1.82, 2.24) is 10.2 Å². The maximum absolute atomic E-state index is 14.1. The first-order chi connectivity index (χ1) is 21.2. The second kappa shape index (κ2) is 15.5. The number of nitrogens with zero attached hydrogens (tertiary/aromatic N) is 2. The van der Waals surface area contributed by atoms with E-state index in [0.29, 0.717) is 18.0 Å². The van der Waals surface area contributed by atoms with E-state index in [1.807, 2.05) is 61.5 Å². The Morgan fingerprint density at radius 1 is 0.841 bits per heavy atom. The zero-order valence-electron chi connectivity index (χ0n) is 24.7. The van der Waals surface area contributed by atoms with Crippen molar-refractivity contribution < 1.29 is 22.7 Å². The average molecular weight is 679 g/mol. The summed E-state index contributed by atoms with van der Waals surface area (Å²) in [5.74, 6) is 0.329. The minimum atomic E-state index is -4.16. The van der Waals surface area contributed by atoms with E-state index in [9.17, 15) is 18.0 Å². The molecule has 0 heterocycles. The van der Waals surface area contributed by atoms with E-state index in [-0.39, 0.29) is 23.0 Å². The van der Waals surface area contributed by atoms with Crippen LogP contribution in [0, 0.1) is 0 Å². The first-order valence-electron chi connectivity index (χ1n) is 14.4. The highest BCUT2D eigenvalue weighted by molar-refractivity contribution is 9.10. The summed E-state index contributed by atoms with van der Waals surface area (Å²) in [6, 6.07) is 30.3. The molecule has 4 aromatic rings. The van der Waals surface area contributed by atoms with Crippen LogP contribution >= 0.6 is 15.9 Å². The molecule has 44 heavy (non-hydrogen) atoms. The first-order valence-corrected chi connectivity index (χ1v) is 16.6. The van der Waals surface area contributed by atoms with Crippen LogP contribution in [0.5, 0.6) is 11.5 Å². The number of carbonyl (C=O) groups is 2. The third-order valence-electron chi connectivity index (χ3n) is 6.98. The van der Waals surface area contributed by atoms with Gasteiger partial charge in [-0.05, 0) is 79.6 Å². The minimum Gasteiger partial charge on any atom is -0.457 e. The molecule has 0 saturated heterocycles. The van der Waals surface area contributed by atoms with Gasteiger partial charge in [0.2, 0.25) is 11.8 Å². The Morgan fingerprint density at radius 2 is 1.43 bits per heavy atom. The molecule has 0 radical (unpaired) electrons. The van der Waals surface area contributed by atoms with Gasteiger partial charge in [0, 0.05) is 17.6 Å². The Balaban J connectivity index is 1.66. The molecule has 230 valence electrons. The smallest absolute Gasteiger partial charge is 0.264 e. The summed E-state index contributed by atoms with van der Waals surface area (Å²) in [7, 11) is -4.16. The molecule has 0 bridgehead atoms. The van der Waals surface area contributed by atoms with Crippen molar-refractivity contribution in [1.29, 1.82) is 0 Å². The molecule has 0 aliphatic rings. The molecule has 8 nitrogen and oxygen atoms in total. The SMILES string of the molecule is CCCCNC(=O)C(C)N(Cc1ccc(Br)cc1)C(=O)CN(c1ccc(Oc2ccccc2)cc1)S(=O)(=O)c1ccccc1. The predicted octanol–water partition coefficient (Wildman–Crippen LogP) is 6.77. The topological polar surface area (TPSA) is 96.0 Å². The molecule has 0 aliphatic carbocycles. The normalized spacial score (nSPS) is 11.8. The van der Waals surface area contributed by atoms with Crippen LogP contribution in [-0.2, 0) is 26.2 Å². The minimum absolute atomic E-state index is 0.0437. The van der Waals surface area contributed by atoms with Crippen LogP contribution in [0.1, 0.15) is 32.3 Å². The van der Waals surface area contributed by atoms with Crippen LogP contribution < -0.4 is 14.4 Å². The van der Waals surface area contributed by atoms with Gasteiger partial charge in [-0.3, -0.25) is 13.9 Å². The summed E-state index contributed by atoms with van der Waals surface area (Å²) >= 11 is 3.43. The highest BCUT2D eigenvalue weighted by atomic mass is 79.9. The molecule has 0 saturated carbocycles. The lowest BCUT2D eigenvalue weighted by atomic mass is 10.1. The number of anilines is 1. The Hall–Kier alpha value is -4.15. The molecule has 4 aromatic carbocycles.